The smallest absolute Gasteiger partial charge is 0.199 e. The van der Waals surface area contributed by atoms with Gasteiger partial charge < -0.3 is 20.9 Å². The van der Waals surface area contributed by atoms with Crippen LogP contribution in [0.4, 0.5) is 0 Å². The number of piperidine rings is 2. The van der Waals surface area contributed by atoms with Crippen LogP contribution in [-0.2, 0) is 4.79 Å². The van der Waals surface area contributed by atoms with E-state index in [0.29, 0.717) is 11.4 Å². The molecule has 1 atom stereocenters. The Labute approximate surface area is 181 Å². The van der Waals surface area contributed by atoms with Gasteiger partial charge in [0.2, 0.25) is 0 Å². The quantitative estimate of drug-likeness (QED) is 0.295. The van der Waals surface area contributed by atoms with Gasteiger partial charge in [-0.15, -0.1) is 11.3 Å². The van der Waals surface area contributed by atoms with Crippen LogP contribution in [0.25, 0.3) is 15.8 Å². The van der Waals surface area contributed by atoms with Gasteiger partial charge in [-0.25, -0.2) is 4.98 Å². The average Bonchev–Trinajstić information content (AvgIpc) is 3.22. The number of rotatable bonds is 5. The highest BCUT2D eigenvalue weighted by molar-refractivity contribution is 7.19. The van der Waals surface area contributed by atoms with Crippen molar-refractivity contribution in [3.63, 3.8) is 0 Å². The van der Waals surface area contributed by atoms with Crippen molar-refractivity contribution in [1.29, 1.82) is 0 Å². The van der Waals surface area contributed by atoms with Crippen LogP contribution in [0.3, 0.4) is 0 Å². The standard InChI is InChI=1S/C22H30N6OS/c1-23-22(28-12-5-2-6-13-28)27-20(25-16-8-7-11-24-14-16)17(15-29)21-26-18-9-3-4-10-19(18)30-21/h3-4,9-10,15-16,24-25H,2,5-8,11-14H2,1H3,(H,23,27)/b20-17+/t16-/m1/s1. The third-order valence-electron chi connectivity index (χ3n) is 5.66. The number of aromatic nitrogens is 1. The van der Waals surface area contributed by atoms with E-state index in [4.69, 9.17) is 4.98 Å². The number of guanidine groups is 1. The molecule has 8 heteroatoms. The van der Waals surface area contributed by atoms with Crippen molar-refractivity contribution in [3.05, 3.63) is 35.1 Å². The molecule has 2 aliphatic heterocycles. The van der Waals surface area contributed by atoms with Gasteiger partial charge in [-0.1, -0.05) is 12.1 Å². The lowest BCUT2D eigenvalue weighted by Gasteiger charge is -2.32. The summed E-state index contributed by atoms with van der Waals surface area (Å²) < 4.78 is 1.07. The van der Waals surface area contributed by atoms with Gasteiger partial charge in [-0.3, -0.25) is 9.79 Å². The molecule has 0 amide bonds. The van der Waals surface area contributed by atoms with Gasteiger partial charge in [-0.2, -0.15) is 0 Å². The summed E-state index contributed by atoms with van der Waals surface area (Å²) in [7, 11) is 1.80. The number of allylic oxidation sites excluding steroid dienone is 1. The van der Waals surface area contributed by atoms with E-state index in [1.807, 2.05) is 24.3 Å². The molecule has 0 bridgehead atoms. The number of aldehydes is 1. The summed E-state index contributed by atoms with van der Waals surface area (Å²) in [5, 5.41) is 11.2. The van der Waals surface area contributed by atoms with Crippen LogP contribution < -0.4 is 16.0 Å². The predicted octanol–water partition coefficient (Wildman–Crippen LogP) is 2.57. The summed E-state index contributed by atoms with van der Waals surface area (Å²) in [5.41, 5.74) is 1.47. The van der Waals surface area contributed by atoms with Gasteiger partial charge in [0, 0.05) is 32.7 Å². The van der Waals surface area contributed by atoms with Crippen molar-refractivity contribution >= 4 is 39.4 Å². The Morgan fingerprint density at radius 1 is 1.27 bits per heavy atom. The zero-order valence-electron chi connectivity index (χ0n) is 17.5. The highest BCUT2D eigenvalue weighted by atomic mass is 32.1. The Bertz CT molecular complexity index is 892. The van der Waals surface area contributed by atoms with E-state index in [0.717, 1.165) is 79.3 Å². The van der Waals surface area contributed by atoms with Gasteiger partial charge in [0.25, 0.3) is 0 Å². The van der Waals surface area contributed by atoms with E-state index >= 15 is 0 Å². The number of nitrogens with zero attached hydrogens (tertiary/aromatic N) is 3. The molecule has 1 aromatic heterocycles. The van der Waals surface area contributed by atoms with Crippen molar-refractivity contribution in [1.82, 2.24) is 25.8 Å². The lowest BCUT2D eigenvalue weighted by molar-refractivity contribution is -0.103. The maximum absolute atomic E-state index is 12.3. The van der Waals surface area contributed by atoms with Crippen LogP contribution in [0.15, 0.2) is 35.1 Å². The van der Waals surface area contributed by atoms with Crippen molar-refractivity contribution < 1.29 is 4.79 Å². The highest BCUT2D eigenvalue weighted by Gasteiger charge is 2.22. The van der Waals surface area contributed by atoms with Gasteiger partial charge in [-0.05, 0) is 50.8 Å². The minimum atomic E-state index is 0.255. The Balaban J connectivity index is 1.68. The molecule has 2 saturated heterocycles. The zero-order valence-corrected chi connectivity index (χ0v) is 18.3. The molecule has 0 radical (unpaired) electrons. The lowest BCUT2D eigenvalue weighted by atomic mass is 10.1. The maximum Gasteiger partial charge on any atom is 0.199 e. The molecule has 7 nitrogen and oxygen atoms in total. The lowest BCUT2D eigenvalue weighted by Crippen LogP contribution is -2.50. The second kappa shape index (κ2) is 10.0. The van der Waals surface area contributed by atoms with Gasteiger partial charge >= 0.3 is 0 Å². The molecule has 2 aromatic rings. The van der Waals surface area contributed by atoms with E-state index in [1.165, 1.54) is 6.42 Å². The van der Waals surface area contributed by atoms with Crippen molar-refractivity contribution in [2.75, 3.05) is 33.2 Å². The first-order valence-electron chi connectivity index (χ1n) is 10.8. The summed E-state index contributed by atoms with van der Waals surface area (Å²) >= 11 is 1.54. The van der Waals surface area contributed by atoms with Crippen molar-refractivity contribution in [2.24, 2.45) is 4.99 Å². The van der Waals surface area contributed by atoms with Gasteiger partial charge in [0.15, 0.2) is 12.2 Å². The van der Waals surface area contributed by atoms with Gasteiger partial charge in [0.1, 0.15) is 10.8 Å². The van der Waals surface area contributed by atoms with Crippen LogP contribution in [0.1, 0.15) is 37.1 Å². The molecular weight excluding hydrogens is 396 g/mol. The number of fused-ring (bicyclic) bond motifs is 1. The Hall–Kier alpha value is -2.45. The highest BCUT2D eigenvalue weighted by Crippen LogP contribution is 2.27. The minimum Gasteiger partial charge on any atom is -0.367 e. The fraction of sp³-hybridized carbons (Fsp3) is 0.500. The molecule has 0 unspecified atom stereocenters. The predicted molar refractivity (Wildman–Crippen MR) is 124 cm³/mol. The number of carbonyl (C=O) groups excluding carboxylic acids is 1. The molecule has 160 valence electrons. The molecule has 0 aliphatic carbocycles. The summed E-state index contributed by atoms with van der Waals surface area (Å²) in [4.78, 5) is 23.8. The minimum absolute atomic E-state index is 0.255. The van der Waals surface area contributed by atoms with E-state index in [-0.39, 0.29) is 6.04 Å². The summed E-state index contributed by atoms with van der Waals surface area (Å²) in [6.07, 6.45) is 6.67. The number of para-hydroxylation sites is 1. The number of nitrogens with one attached hydrogen (secondary N) is 3. The van der Waals surface area contributed by atoms with E-state index in [1.54, 1.807) is 18.4 Å². The van der Waals surface area contributed by atoms with Crippen molar-refractivity contribution in [2.45, 2.75) is 38.1 Å². The number of hydrogen-bond donors (Lipinski definition) is 3. The van der Waals surface area contributed by atoms with Crippen LogP contribution in [0.2, 0.25) is 0 Å². The number of hydrogen-bond acceptors (Lipinski definition) is 6. The second-order valence-corrected chi connectivity index (χ2v) is 8.83. The van der Waals surface area contributed by atoms with Crippen molar-refractivity contribution in [3.8, 4) is 0 Å². The molecule has 4 rings (SSSR count). The first-order chi connectivity index (χ1) is 14.8. The molecule has 0 saturated carbocycles. The number of aliphatic imine (C=N–C) groups is 1. The number of likely N-dealkylation sites (tertiary alicyclic amines) is 1. The van der Waals surface area contributed by atoms with E-state index in [2.05, 4.69) is 25.8 Å². The van der Waals surface area contributed by atoms with Crippen LogP contribution in [0, 0.1) is 0 Å². The largest absolute Gasteiger partial charge is 0.367 e. The molecule has 30 heavy (non-hydrogen) atoms. The summed E-state index contributed by atoms with van der Waals surface area (Å²) in [6, 6.07) is 8.25. The number of carbonyl (C=O) groups is 1. The second-order valence-electron chi connectivity index (χ2n) is 7.80. The fourth-order valence-electron chi connectivity index (χ4n) is 4.06. The Morgan fingerprint density at radius 2 is 2.10 bits per heavy atom. The van der Waals surface area contributed by atoms with Crippen LogP contribution in [0.5, 0.6) is 0 Å². The molecule has 3 N–H and O–H groups in total. The first kappa shape index (κ1) is 20.8. The SMILES string of the molecule is CN=C(N/C(N[C@@H]1CCCNC1)=C(\C=O)c1nc2ccccc2s1)N1CCCCC1. The summed E-state index contributed by atoms with van der Waals surface area (Å²) in [6.45, 7) is 3.88. The first-order valence-corrected chi connectivity index (χ1v) is 11.6. The summed E-state index contributed by atoms with van der Waals surface area (Å²) in [5.74, 6) is 1.50. The van der Waals surface area contributed by atoms with Crippen LogP contribution >= 0.6 is 11.3 Å². The third kappa shape index (κ3) is 4.82. The Morgan fingerprint density at radius 3 is 2.80 bits per heavy atom. The Kier molecular flexibility index (Phi) is 6.96. The molecule has 1 aromatic carbocycles. The topological polar surface area (TPSA) is 81.7 Å². The fourth-order valence-corrected chi connectivity index (χ4v) is 5.04. The van der Waals surface area contributed by atoms with Crippen LogP contribution in [-0.4, -0.2) is 61.4 Å². The molecule has 0 spiro atoms. The normalized spacial score (nSPS) is 21.3. The zero-order chi connectivity index (χ0) is 20.8. The van der Waals surface area contributed by atoms with E-state index < -0.39 is 0 Å². The maximum atomic E-state index is 12.3. The molecule has 3 heterocycles. The number of thiazole rings is 1. The molecular formula is C22H30N6OS. The van der Waals surface area contributed by atoms with Gasteiger partial charge in [0.05, 0.1) is 15.8 Å². The third-order valence-corrected chi connectivity index (χ3v) is 6.73. The molecule has 2 fully saturated rings. The number of benzene rings is 1. The monoisotopic (exact) mass is 426 g/mol. The van der Waals surface area contributed by atoms with E-state index in [9.17, 15) is 4.79 Å². The molecule has 2 aliphatic rings. The average molecular weight is 427 g/mol.